The molecule has 0 atom stereocenters. The van der Waals surface area contributed by atoms with Gasteiger partial charge in [0.25, 0.3) is 0 Å². The summed E-state index contributed by atoms with van der Waals surface area (Å²) in [6.07, 6.45) is 0. The molecule has 2 nitrogen and oxygen atoms in total. The molecule has 1 aromatic rings. The van der Waals surface area contributed by atoms with Crippen LogP contribution in [0.25, 0.3) is 0 Å². The van der Waals surface area contributed by atoms with Crippen molar-refractivity contribution in [3.63, 3.8) is 0 Å². The molecule has 0 heterocycles. The van der Waals surface area contributed by atoms with Crippen LogP contribution in [0.15, 0.2) is 18.2 Å². The van der Waals surface area contributed by atoms with Crippen LogP contribution in [0.1, 0.15) is 38.1 Å². The van der Waals surface area contributed by atoms with E-state index in [1.165, 1.54) is 0 Å². The van der Waals surface area contributed by atoms with E-state index in [-0.39, 0.29) is 5.78 Å². The van der Waals surface area contributed by atoms with Gasteiger partial charge < -0.3 is 4.90 Å². The van der Waals surface area contributed by atoms with Gasteiger partial charge in [0, 0.05) is 18.2 Å². The quantitative estimate of drug-likeness (QED) is 0.746. The number of hydrogen-bond acceptors (Lipinski definition) is 2. The third kappa shape index (κ3) is 2.76. The Morgan fingerprint density at radius 1 is 1.44 bits per heavy atom. The predicted octanol–water partition coefficient (Wildman–Crippen LogP) is 3.78. The van der Waals surface area contributed by atoms with Crippen LogP contribution in [-0.4, -0.2) is 18.4 Å². The maximum atomic E-state index is 11.2. The monoisotopic (exact) mass is 239 g/mol. The lowest BCUT2D eigenvalue weighted by Gasteiger charge is -2.28. The molecule has 0 saturated carbocycles. The average molecular weight is 240 g/mol. The molecule has 0 aliphatic carbocycles. The Hall–Kier alpha value is -1.02. The highest BCUT2D eigenvalue weighted by molar-refractivity contribution is 6.33. The van der Waals surface area contributed by atoms with Crippen molar-refractivity contribution in [1.29, 1.82) is 0 Å². The van der Waals surface area contributed by atoms with Crippen molar-refractivity contribution >= 4 is 23.1 Å². The molecule has 1 aromatic carbocycles. The summed E-state index contributed by atoms with van der Waals surface area (Å²) in [6.45, 7) is 8.79. The van der Waals surface area contributed by atoms with Crippen molar-refractivity contribution in [3.05, 3.63) is 28.8 Å². The Morgan fingerprint density at radius 2 is 2.06 bits per heavy atom. The van der Waals surface area contributed by atoms with Crippen LogP contribution in [0.4, 0.5) is 5.69 Å². The van der Waals surface area contributed by atoms with E-state index < -0.39 is 0 Å². The molecule has 0 radical (unpaired) electrons. The van der Waals surface area contributed by atoms with E-state index in [2.05, 4.69) is 25.7 Å². The number of anilines is 1. The first-order chi connectivity index (χ1) is 7.47. The van der Waals surface area contributed by atoms with Crippen LogP contribution in [0.5, 0.6) is 0 Å². The van der Waals surface area contributed by atoms with E-state index in [0.29, 0.717) is 16.6 Å². The first-order valence-electron chi connectivity index (χ1n) is 5.54. The van der Waals surface area contributed by atoms with Gasteiger partial charge in [0.15, 0.2) is 5.78 Å². The summed E-state index contributed by atoms with van der Waals surface area (Å²) in [7, 11) is 0. The molecule has 0 aliphatic rings. The minimum atomic E-state index is 0.0426. The predicted molar refractivity (Wildman–Crippen MR) is 69.6 cm³/mol. The fourth-order valence-electron chi connectivity index (χ4n) is 1.77. The molecule has 0 amide bonds. The van der Waals surface area contributed by atoms with Gasteiger partial charge in [0.05, 0.1) is 10.7 Å². The normalized spacial score (nSPS) is 10.6. The molecular formula is C13H18ClNO. The largest absolute Gasteiger partial charge is 0.368 e. The number of halogens is 1. The third-order valence-electron chi connectivity index (χ3n) is 2.63. The molecule has 0 aromatic heterocycles. The highest BCUT2D eigenvalue weighted by Crippen LogP contribution is 2.28. The molecule has 16 heavy (non-hydrogen) atoms. The van der Waals surface area contributed by atoms with Gasteiger partial charge in [-0.15, -0.1) is 0 Å². The number of rotatable bonds is 4. The number of nitrogens with zero attached hydrogens (tertiary/aromatic N) is 1. The van der Waals surface area contributed by atoms with E-state index in [0.717, 1.165) is 12.2 Å². The molecule has 0 unspecified atom stereocenters. The van der Waals surface area contributed by atoms with Crippen molar-refractivity contribution in [2.45, 2.75) is 33.7 Å². The van der Waals surface area contributed by atoms with Crippen molar-refractivity contribution in [1.82, 2.24) is 0 Å². The minimum absolute atomic E-state index is 0.0426. The van der Waals surface area contributed by atoms with Crippen LogP contribution in [-0.2, 0) is 0 Å². The number of carbonyl (C=O) groups excluding carboxylic acids is 1. The van der Waals surface area contributed by atoms with E-state index in [9.17, 15) is 4.79 Å². The Balaban J connectivity index is 3.11. The smallest absolute Gasteiger partial charge is 0.159 e. The van der Waals surface area contributed by atoms with Crippen LogP contribution in [0, 0.1) is 0 Å². The minimum Gasteiger partial charge on any atom is -0.368 e. The third-order valence-corrected chi connectivity index (χ3v) is 2.93. The number of benzene rings is 1. The van der Waals surface area contributed by atoms with Gasteiger partial charge >= 0.3 is 0 Å². The molecular weight excluding hydrogens is 222 g/mol. The summed E-state index contributed by atoms with van der Waals surface area (Å²) in [4.78, 5) is 13.4. The lowest BCUT2D eigenvalue weighted by molar-refractivity contribution is 0.101. The second kappa shape index (κ2) is 5.35. The second-order valence-electron chi connectivity index (χ2n) is 4.10. The number of Topliss-reactive ketones (excluding diaryl/α,β-unsaturated/α-hetero) is 1. The first-order valence-corrected chi connectivity index (χ1v) is 5.92. The van der Waals surface area contributed by atoms with Crippen LogP contribution < -0.4 is 4.90 Å². The molecule has 0 fully saturated rings. The lowest BCUT2D eigenvalue weighted by Crippen LogP contribution is -2.30. The van der Waals surface area contributed by atoms with E-state index in [1.807, 2.05) is 12.1 Å². The Kier molecular flexibility index (Phi) is 4.36. The summed E-state index contributed by atoms with van der Waals surface area (Å²) in [5, 5.41) is 0.642. The molecule has 1 rings (SSSR count). The van der Waals surface area contributed by atoms with E-state index >= 15 is 0 Å². The van der Waals surface area contributed by atoms with Gasteiger partial charge in [-0.2, -0.15) is 0 Å². The van der Waals surface area contributed by atoms with Crippen molar-refractivity contribution in [3.8, 4) is 0 Å². The Bertz CT molecular complexity index is 388. The summed E-state index contributed by atoms with van der Waals surface area (Å²) in [6, 6.07) is 5.88. The van der Waals surface area contributed by atoms with Crippen molar-refractivity contribution in [2.75, 3.05) is 11.4 Å². The zero-order valence-corrected chi connectivity index (χ0v) is 11.0. The molecule has 0 N–H and O–H groups in total. The van der Waals surface area contributed by atoms with Gasteiger partial charge in [0.1, 0.15) is 0 Å². The van der Waals surface area contributed by atoms with Gasteiger partial charge in [-0.1, -0.05) is 11.6 Å². The number of hydrogen-bond donors (Lipinski definition) is 0. The highest BCUT2D eigenvalue weighted by atomic mass is 35.5. The van der Waals surface area contributed by atoms with Crippen molar-refractivity contribution < 1.29 is 4.79 Å². The maximum Gasteiger partial charge on any atom is 0.159 e. The average Bonchev–Trinajstić information content (AvgIpc) is 2.20. The highest BCUT2D eigenvalue weighted by Gasteiger charge is 2.13. The van der Waals surface area contributed by atoms with E-state index in [4.69, 9.17) is 11.6 Å². The van der Waals surface area contributed by atoms with Crippen LogP contribution in [0.3, 0.4) is 0 Å². The summed E-state index contributed by atoms with van der Waals surface area (Å²) in [5.41, 5.74) is 1.65. The Morgan fingerprint density at radius 3 is 2.44 bits per heavy atom. The zero-order valence-electron chi connectivity index (χ0n) is 10.2. The van der Waals surface area contributed by atoms with Gasteiger partial charge in [-0.3, -0.25) is 4.79 Å². The molecule has 0 saturated heterocycles. The summed E-state index contributed by atoms with van der Waals surface area (Å²) >= 11 is 6.20. The van der Waals surface area contributed by atoms with E-state index in [1.54, 1.807) is 13.0 Å². The SMILES string of the molecule is CCN(c1ccc(C(C)=O)cc1Cl)C(C)C. The second-order valence-corrected chi connectivity index (χ2v) is 4.51. The molecule has 0 spiro atoms. The van der Waals surface area contributed by atoms with Crippen LogP contribution in [0.2, 0.25) is 5.02 Å². The lowest BCUT2D eigenvalue weighted by atomic mass is 10.1. The number of carbonyl (C=O) groups is 1. The summed E-state index contributed by atoms with van der Waals surface area (Å²) in [5.74, 6) is 0.0426. The molecule has 0 bridgehead atoms. The van der Waals surface area contributed by atoms with Gasteiger partial charge in [-0.05, 0) is 45.9 Å². The van der Waals surface area contributed by atoms with Gasteiger partial charge in [0.2, 0.25) is 0 Å². The molecule has 0 aliphatic heterocycles. The summed E-state index contributed by atoms with van der Waals surface area (Å²) < 4.78 is 0. The fourth-order valence-corrected chi connectivity index (χ4v) is 2.06. The fraction of sp³-hybridized carbons (Fsp3) is 0.462. The van der Waals surface area contributed by atoms with Crippen LogP contribution >= 0.6 is 11.6 Å². The number of ketones is 1. The molecule has 3 heteroatoms. The standard InChI is InChI=1S/C13H18ClNO/c1-5-15(9(2)3)13-7-6-11(10(4)16)8-12(13)14/h6-9H,5H2,1-4H3. The zero-order chi connectivity index (χ0) is 12.3. The van der Waals surface area contributed by atoms with Crippen molar-refractivity contribution in [2.24, 2.45) is 0 Å². The maximum absolute atomic E-state index is 11.2. The molecule has 88 valence electrons. The van der Waals surface area contributed by atoms with Gasteiger partial charge in [-0.25, -0.2) is 0 Å². The Labute approximate surface area is 102 Å². The first kappa shape index (κ1) is 13.0. The topological polar surface area (TPSA) is 20.3 Å².